The summed E-state index contributed by atoms with van der Waals surface area (Å²) in [5.41, 5.74) is 0.915. The molecule has 0 bridgehead atoms. The molecule has 0 aliphatic heterocycles. The van der Waals surface area contributed by atoms with E-state index in [9.17, 15) is 4.79 Å². The number of carbonyl (C=O) groups excluding carboxylic acids is 1. The molecule has 0 aliphatic rings. The summed E-state index contributed by atoms with van der Waals surface area (Å²) >= 11 is 9.52. The highest BCUT2D eigenvalue weighted by atomic mass is 79.9. The summed E-state index contributed by atoms with van der Waals surface area (Å²) in [4.78, 5) is 22.3. The van der Waals surface area contributed by atoms with E-state index in [4.69, 9.17) is 17.5 Å². The maximum Gasteiger partial charge on any atom is 0.358 e. The molecule has 0 aliphatic carbocycles. The lowest BCUT2D eigenvalue weighted by Gasteiger charge is -2.17. The molecule has 0 saturated carbocycles. The fourth-order valence-electron chi connectivity index (χ4n) is 2.35. The van der Waals surface area contributed by atoms with Crippen molar-refractivity contribution in [2.24, 2.45) is 10.9 Å². The smallest absolute Gasteiger partial charge is 0.358 e. The van der Waals surface area contributed by atoms with Crippen molar-refractivity contribution in [3.05, 3.63) is 50.7 Å². The molecule has 0 heterocycles. The minimum absolute atomic E-state index is 0.0466. The number of benzene rings is 2. The Morgan fingerprint density at radius 3 is 2.70 bits per heavy atom. The fraction of sp³-hybridized carbons (Fsp3) is 0.222. The Labute approximate surface area is 170 Å². The number of nitrogens with one attached hydrogen (secondary N) is 1. The van der Waals surface area contributed by atoms with Crippen LogP contribution in [0.4, 0.5) is 21.5 Å². The van der Waals surface area contributed by atoms with Gasteiger partial charge >= 0.3 is 5.97 Å². The molecule has 0 aromatic heterocycles. The van der Waals surface area contributed by atoms with Gasteiger partial charge in [-0.1, -0.05) is 34.5 Å². The molecule has 0 unspecified atom stereocenters. The number of nitrogens with zero attached hydrogens (tertiary/aromatic N) is 2. The molecule has 2 aromatic carbocycles. The van der Waals surface area contributed by atoms with Crippen molar-refractivity contribution < 1.29 is 14.0 Å². The predicted octanol–water partition coefficient (Wildman–Crippen LogP) is 4.80. The van der Waals surface area contributed by atoms with Crippen molar-refractivity contribution in [2.45, 2.75) is 13.3 Å². The quantitative estimate of drug-likeness (QED) is 0.370. The van der Waals surface area contributed by atoms with Crippen molar-refractivity contribution in [1.29, 1.82) is 0 Å². The van der Waals surface area contributed by atoms with Crippen molar-refractivity contribution in [3.8, 4) is 0 Å². The summed E-state index contributed by atoms with van der Waals surface area (Å²) in [6, 6.07) is 6.54. The second-order valence-electron chi connectivity index (χ2n) is 5.84. The Bertz CT molecular complexity index is 890. The topological polar surface area (TPSA) is 79.9 Å². The van der Waals surface area contributed by atoms with Crippen molar-refractivity contribution in [3.63, 3.8) is 0 Å². The highest BCUT2D eigenvalue weighted by Gasteiger charge is 2.23. The van der Waals surface area contributed by atoms with Crippen LogP contribution in [-0.2, 0) is 11.3 Å². The van der Waals surface area contributed by atoms with Crippen LogP contribution in [-0.4, -0.2) is 31.3 Å². The van der Waals surface area contributed by atoms with Gasteiger partial charge in [-0.05, 0) is 36.2 Å². The maximum absolute atomic E-state index is 15.3. The molecule has 0 fully saturated rings. The largest absolute Gasteiger partial charge is 0.370 e. The van der Waals surface area contributed by atoms with Crippen molar-refractivity contribution in [1.82, 2.24) is 4.90 Å². The molecule has 2 aromatic rings. The van der Waals surface area contributed by atoms with E-state index in [0.717, 1.165) is 4.47 Å². The first-order valence-electron chi connectivity index (χ1n) is 7.97. The molecular formula is C18H19BrClFN4O2. The van der Waals surface area contributed by atoms with Crippen LogP contribution in [0.3, 0.4) is 0 Å². The van der Waals surface area contributed by atoms with Gasteiger partial charge in [-0.2, -0.15) is 5.90 Å². The van der Waals surface area contributed by atoms with Gasteiger partial charge in [0.1, 0.15) is 5.69 Å². The van der Waals surface area contributed by atoms with Gasteiger partial charge in [0.2, 0.25) is 0 Å². The van der Waals surface area contributed by atoms with Gasteiger partial charge in [-0.25, -0.2) is 14.2 Å². The van der Waals surface area contributed by atoms with Crippen molar-refractivity contribution >= 4 is 56.9 Å². The van der Waals surface area contributed by atoms with E-state index in [1.807, 2.05) is 6.92 Å². The highest BCUT2D eigenvalue weighted by Crippen LogP contribution is 2.37. The lowest BCUT2D eigenvalue weighted by Crippen LogP contribution is -2.14. The number of nitrogens with two attached hydrogens (primary N) is 1. The molecule has 3 N–H and O–H groups in total. The summed E-state index contributed by atoms with van der Waals surface area (Å²) in [5, 5.41) is 3.20. The molecular weight excluding hydrogens is 439 g/mol. The third-order valence-corrected chi connectivity index (χ3v) is 4.44. The zero-order chi connectivity index (χ0) is 20.1. The number of aliphatic imine (C=N–C) groups is 1. The average Bonchev–Trinajstić information content (AvgIpc) is 2.63. The van der Waals surface area contributed by atoms with Crippen LogP contribution in [0.25, 0.3) is 0 Å². The molecule has 0 radical (unpaired) electrons. The van der Waals surface area contributed by atoms with Gasteiger partial charge < -0.3 is 15.1 Å². The van der Waals surface area contributed by atoms with Crippen LogP contribution in [0.5, 0.6) is 0 Å². The molecule has 27 heavy (non-hydrogen) atoms. The minimum Gasteiger partial charge on any atom is -0.370 e. The number of halogens is 3. The second kappa shape index (κ2) is 9.16. The van der Waals surface area contributed by atoms with Gasteiger partial charge in [0.25, 0.3) is 0 Å². The Balaban J connectivity index is 2.67. The van der Waals surface area contributed by atoms with Crippen LogP contribution in [0.1, 0.15) is 22.8 Å². The summed E-state index contributed by atoms with van der Waals surface area (Å²) in [5.74, 6) is 3.45. The molecule has 0 amide bonds. The van der Waals surface area contributed by atoms with Crippen LogP contribution >= 0.6 is 27.5 Å². The lowest BCUT2D eigenvalue weighted by molar-refractivity contribution is 0.0504. The van der Waals surface area contributed by atoms with Crippen LogP contribution in [0.2, 0.25) is 5.02 Å². The zero-order valence-corrected chi connectivity index (χ0v) is 17.4. The molecule has 0 spiro atoms. The monoisotopic (exact) mass is 456 g/mol. The maximum atomic E-state index is 15.3. The first kappa shape index (κ1) is 21.1. The molecule has 6 nitrogen and oxygen atoms in total. The Morgan fingerprint density at radius 1 is 1.44 bits per heavy atom. The first-order chi connectivity index (χ1) is 12.8. The molecule has 2 rings (SSSR count). The number of hydrogen-bond donors (Lipinski definition) is 2. The van der Waals surface area contributed by atoms with Gasteiger partial charge in [0, 0.05) is 18.6 Å². The summed E-state index contributed by atoms with van der Waals surface area (Å²) in [6.45, 7) is 1.83. The number of aryl methyl sites for hydroxylation is 1. The van der Waals surface area contributed by atoms with Gasteiger partial charge in [0.15, 0.2) is 5.82 Å². The first-order valence-corrected chi connectivity index (χ1v) is 9.14. The number of hydrogen-bond acceptors (Lipinski definition) is 5. The SMILES string of the molecule is CCc1cc(C(=O)ON)c(Nc2ccc(Br)cc2Cl)c(F)c1N=CN(C)C. The van der Waals surface area contributed by atoms with E-state index in [1.165, 1.54) is 12.4 Å². The highest BCUT2D eigenvalue weighted by molar-refractivity contribution is 9.10. The normalized spacial score (nSPS) is 10.9. The van der Waals surface area contributed by atoms with Crippen LogP contribution in [0, 0.1) is 5.82 Å². The standard InChI is InChI=1S/C18H19BrClFN4O2/c1-4-10-7-12(18(26)27-22)17(15(21)16(10)23-9-25(2)3)24-14-6-5-11(19)8-13(14)20/h5-9,24H,4,22H2,1-3H3. The molecule has 9 heteroatoms. The second-order valence-corrected chi connectivity index (χ2v) is 7.16. The Morgan fingerprint density at radius 2 is 2.15 bits per heavy atom. The average molecular weight is 458 g/mol. The van der Waals surface area contributed by atoms with E-state index in [1.54, 1.807) is 37.2 Å². The lowest BCUT2D eigenvalue weighted by atomic mass is 10.0. The van der Waals surface area contributed by atoms with E-state index >= 15 is 4.39 Å². The summed E-state index contributed by atoms with van der Waals surface area (Å²) in [7, 11) is 3.54. The third kappa shape index (κ3) is 4.97. The fourth-order valence-corrected chi connectivity index (χ4v) is 3.07. The van der Waals surface area contributed by atoms with Gasteiger partial charge in [-0.15, -0.1) is 0 Å². The van der Waals surface area contributed by atoms with E-state index in [2.05, 4.69) is 31.1 Å². The number of anilines is 2. The molecule has 0 atom stereocenters. The number of rotatable bonds is 6. The van der Waals surface area contributed by atoms with Crippen molar-refractivity contribution in [2.75, 3.05) is 19.4 Å². The van der Waals surface area contributed by atoms with Gasteiger partial charge in [0.05, 0.1) is 28.3 Å². The van der Waals surface area contributed by atoms with E-state index < -0.39 is 11.8 Å². The van der Waals surface area contributed by atoms with E-state index in [-0.39, 0.29) is 16.9 Å². The minimum atomic E-state index is -0.873. The zero-order valence-electron chi connectivity index (χ0n) is 15.0. The summed E-state index contributed by atoms with van der Waals surface area (Å²) in [6.07, 6.45) is 1.94. The Kier molecular flexibility index (Phi) is 7.18. The van der Waals surface area contributed by atoms with Crippen LogP contribution in [0.15, 0.2) is 33.7 Å². The molecule has 144 valence electrons. The molecule has 0 saturated heterocycles. The third-order valence-electron chi connectivity index (χ3n) is 3.64. The predicted molar refractivity (Wildman–Crippen MR) is 110 cm³/mol. The summed E-state index contributed by atoms with van der Waals surface area (Å²) < 4.78 is 16.1. The van der Waals surface area contributed by atoms with Crippen LogP contribution < -0.4 is 11.2 Å². The number of carbonyl (C=O) groups is 1. The Hall–Kier alpha value is -2.16. The van der Waals surface area contributed by atoms with E-state index in [0.29, 0.717) is 22.7 Å². The van der Waals surface area contributed by atoms with Gasteiger partial charge in [-0.3, -0.25) is 0 Å².